The second-order valence-electron chi connectivity index (χ2n) is 4.47. The van der Waals surface area contributed by atoms with Crippen molar-refractivity contribution in [1.29, 1.82) is 0 Å². The van der Waals surface area contributed by atoms with Crippen LogP contribution in [0, 0.1) is 0 Å². The first-order valence-electron chi connectivity index (χ1n) is 6.39. The van der Waals surface area contributed by atoms with E-state index in [2.05, 4.69) is 15.0 Å². The van der Waals surface area contributed by atoms with Crippen LogP contribution in [0.5, 0.6) is 0 Å². The number of aromatic nitrogens is 3. The number of rotatable bonds is 5. The molecule has 118 valence electrons. The normalized spacial score (nSPS) is 11.7. The summed E-state index contributed by atoms with van der Waals surface area (Å²) in [6.45, 7) is 0.464. The summed E-state index contributed by atoms with van der Waals surface area (Å²) in [6, 6.07) is 2.20. The molecule has 0 unspecified atom stereocenters. The monoisotopic (exact) mass is 331 g/mol. The number of hydrogen-bond acceptors (Lipinski definition) is 4. The number of ether oxygens (including phenoxy) is 1. The van der Waals surface area contributed by atoms with E-state index in [1.807, 2.05) is 0 Å². The van der Waals surface area contributed by atoms with E-state index in [1.54, 1.807) is 13.3 Å². The van der Waals surface area contributed by atoms with E-state index in [0.717, 1.165) is 17.8 Å². The third-order valence-corrected chi connectivity index (χ3v) is 3.24. The molecule has 0 saturated heterocycles. The molecule has 4 nitrogen and oxygen atoms in total. The fourth-order valence-corrected chi connectivity index (χ4v) is 2.03. The third-order valence-electron chi connectivity index (χ3n) is 2.95. The molecule has 0 aliphatic carbocycles. The number of alkyl halides is 4. The van der Waals surface area contributed by atoms with Crippen LogP contribution in [-0.4, -0.2) is 28.7 Å². The van der Waals surface area contributed by atoms with E-state index in [1.165, 1.54) is 6.07 Å². The molecule has 2 aromatic heterocycles. The summed E-state index contributed by atoms with van der Waals surface area (Å²) in [4.78, 5) is 11.9. The molecular formula is C14H13ClF3N3O. The van der Waals surface area contributed by atoms with Gasteiger partial charge >= 0.3 is 6.18 Å². The van der Waals surface area contributed by atoms with Crippen LogP contribution in [0.1, 0.15) is 17.0 Å². The fraction of sp³-hybridized carbons (Fsp3) is 0.357. The van der Waals surface area contributed by atoms with Crippen LogP contribution < -0.4 is 0 Å². The first-order valence-corrected chi connectivity index (χ1v) is 6.92. The van der Waals surface area contributed by atoms with Crippen molar-refractivity contribution in [3.63, 3.8) is 0 Å². The molecule has 0 atom stereocenters. The van der Waals surface area contributed by atoms with E-state index in [-0.39, 0.29) is 5.88 Å². The lowest BCUT2D eigenvalue weighted by atomic mass is 10.2. The molecule has 0 aliphatic rings. The zero-order valence-corrected chi connectivity index (χ0v) is 12.4. The van der Waals surface area contributed by atoms with E-state index >= 15 is 0 Å². The minimum atomic E-state index is -4.47. The van der Waals surface area contributed by atoms with Gasteiger partial charge in [0.1, 0.15) is 5.69 Å². The number of halogens is 4. The van der Waals surface area contributed by atoms with Gasteiger partial charge in [0.2, 0.25) is 0 Å². The van der Waals surface area contributed by atoms with Gasteiger partial charge in [0, 0.05) is 37.1 Å². The van der Waals surface area contributed by atoms with Crippen LogP contribution in [-0.2, 0) is 23.2 Å². The van der Waals surface area contributed by atoms with Crippen LogP contribution >= 0.6 is 11.6 Å². The largest absolute Gasteiger partial charge is 0.433 e. The third kappa shape index (κ3) is 3.92. The maximum Gasteiger partial charge on any atom is 0.433 e. The summed E-state index contributed by atoms with van der Waals surface area (Å²) in [5.74, 6) is 0.561. The fourth-order valence-electron chi connectivity index (χ4n) is 1.80. The molecule has 2 rings (SSSR count). The second kappa shape index (κ2) is 7.02. The maximum absolute atomic E-state index is 12.5. The standard InChI is InChI=1S/C14H13ClF3N3O/c1-22-5-4-11-10(6-15)8-20-13(21-11)9-2-3-12(19-7-9)14(16,17)18/h2-3,7-8H,4-6H2,1H3. The summed E-state index contributed by atoms with van der Waals surface area (Å²) in [5.41, 5.74) is 0.935. The number of methoxy groups -OCH3 is 1. The van der Waals surface area contributed by atoms with Crippen LogP contribution in [0.4, 0.5) is 13.2 Å². The van der Waals surface area contributed by atoms with Gasteiger partial charge in [-0.15, -0.1) is 11.6 Å². The van der Waals surface area contributed by atoms with E-state index < -0.39 is 11.9 Å². The first kappa shape index (κ1) is 16.6. The highest BCUT2D eigenvalue weighted by molar-refractivity contribution is 6.17. The quantitative estimate of drug-likeness (QED) is 0.787. The Morgan fingerprint density at radius 1 is 1.18 bits per heavy atom. The molecular weight excluding hydrogens is 319 g/mol. The van der Waals surface area contributed by atoms with Crippen molar-refractivity contribution in [2.45, 2.75) is 18.5 Å². The van der Waals surface area contributed by atoms with Crippen LogP contribution in [0.3, 0.4) is 0 Å². The van der Waals surface area contributed by atoms with E-state index in [0.29, 0.717) is 30.1 Å². The van der Waals surface area contributed by atoms with Crippen molar-refractivity contribution < 1.29 is 17.9 Å². The Labute approximate surface area is 130 Å². The summed E-state index contributed by atoms with van der Waals surface area (Å²) in [5, 5.41) is 0. The summed E-state index contributed by atoms with van der Waals surface area (Å²) in [6.07, 6.45) is -1.25. The van der Waals surface area contributed by atoms with Crippen molar-refractivity contribution >= 4 is 11.6 Å². The molecule has 0 saturated carbocycles. The Morgan fingerprint density at radius 3 is 2.50 bits per heavy atom. The molecule has 0 N–H and O–H groups in total. The van der Waals surface area contributed by atoms with Gasteiger partial charge < -0.3 is 4.74 Å². The summed E-state index contributed by atoms with van der Waals surface area (Å²) >= 11 is 5.82. The van der Waals surface area contributed by atoms with Gasteiger partial charge in [-0.05, 0) is 12.1 Å². The second-order valence-corrected chi connectivity index (χ2v) is 4.74. The van der Waals surface area contributed by atoms with Crippen LogP contribution in [0.15, 0.2) is 24.5 Å². The number of nitrogens with zero attached hydrogens (tertiary/aromatic N) is 3. The number of hydrogen-bond donors (Lipinski definition) is 0. The van der Waals surface area contributed by atoms with Crippen LogP contribution in [0.2, 0.25) is 0 Å². The van der Waals surface area contributed by atoms with Gasteiger partial charge in [-0.25, -0.2) is 9.97 Å². The minimum Gasteiger partial charge on any atom is -0.384 e. The van der Waals surface area contributed by atoms with Crippen molar-refractivity contribution in [3.05, 3.63) is 41.5 Å². The Bertz CT molecular complexity index is 632. The maximum atomic E-state index is 12.5. The highest BCUT2D eigenvalue weighted by Gasteiger charge is 2.32. The summed E-state index contributed by atoms with van der Waals surface area (Å²) < 4.78 is 42.5. The molecule has 0 amide bonds. The topological polar surface area (TPSA) is 47.9 Å². The predicted octanol–water partition coefficient (Wildman–Crippen LogP) is 3.49. The van der Waals surface area contributed by atoms with Gasteiger partial charge in [-0.2, -0.15) is 13.2 Å². The highest BCUT2D eigenvalue weighted by atomic mass is 35.5. The molecule has 22 heavy (non-hydrogen) atoms. The molecule has 0 fully saturated rings. The lowest BCUT2D eigenvalue weighted by molar-refractivity contribution is -0.141. The zero-order chi connectivity index (χ0) is 16.2. The van der Waals surface area contributed by atoms with Gasteiger partial charge in [-0.3, -0.25) is 4.98 Å². The predicted molar refractivity (Wildman–Crippen MR) is 75.4 cm³/mol. The first-order chi connectivity index (χ1) is 10.5. The summed E-state index contributed by atoms with van der Waals surface area (Å²) in [7, 11) is 1.57. The van der Waals surface area contributed by atoms with E-state index in [9.17, 15) is 13.2 Å². The molecule has 0 radical (unpaired) electrons. The van der Waals surface area contributed by atoms with Crippen molar-refractivity contribution in [3.8, 4) is 11.4 Å². The van der Waals surface area contributed by atoms with Crippen LogP contribution in [0.25, 0.3) is 11.4 Å². The average Bonchev–Trinajstić information content (AvgIpc) is 2.52. The van der Waals surface area contributed by atoms with Crippen molar-refractivity contribution in [2.75, 3.05) is 13.7 Å². The molecule has 2 aromatic rings. The van der Waals surface area contributed by atoms with Gasteiger partial charge in [-0.1, -0.05) is 0 Å². The molecule has 8 heteroatoms. The Balaban J connectivity index is 2.32. The number of pyridine rings is 1. The molecule has 0 bridgehead atoms. The molecule has 0 aromatic carbocycles. The molecule has 0 aliphatic heterocycles. The lowest BCUT2D eigenvalue weighted by Gasteiger charge is -2.09. The van der Waals surface area contributed by atoms with Gasteiger partial charge in [0.25, 0.3) is 0 Å². The van der Waals surface area contributed by atoms with E-state index in [4.69, 9.17) is 16.3 Å². The van der Waals surface area contributed by atoms with Gasteiger partial charge in [0.15, 0.2) is 5.82 Å². The average molecular weight is 332 g/mol. The van der Waals surface area contributed by atoms with Gasteiger partial charge in [0.05, 0.1) is 18.2 Å². The minimum absolute atomic E-state index is 0.255. The Hall–Kier alpha value is -1.73. The molecule has 0 spiro atoms. The SMILES string of the molecule is COCCc1nc(-c2ccc(C(F)(F)F)nc2)ncc1CCl. The Morgan fingerprint density at radius 2 is 1.95 bits per heavy atom. The van der Waals surface area contributed by atoms with Crippen molar-refractivity contribution in [1.82, 2.24) is 15.0 Å². The zero-order valence-electron chi connectivity index (χ0n) is 11.7. The lowest BCUT2D eigenvalue weighted by Crippen LogP contribution is -2.08. The highest BCUT2D eigenvalue weighted by Crippen LogP contribution is 2.28. The molecule has 2 heterocycles. The Kier molecular flexibility index (Phi) is 5.31. The van der Waals surface area contributed by atoms with Crippen molar-refractivity contribution in [2.24, 2.45) is 0 Å². The smallest absolute Gasteiger partial charge is 0.384 e.